The largest absolute Gasteiger partial charge is 0.310 e. The average Bonchev–Trinajstić information content (AvgIpc) is 2.64. The van der Waals surface area contributed by atoms with E-state index < -0.39 is 0 Å². The molecule has 20 heavy (non-hydrogen) atoms. The summed E-state index contributed by atoms with van der Waals surface area (Å²) in [6, 6.07) is 8.50. The lowest BCUT2D eigenvalue weighted by Crippen LogP contribution is -1.98. The van der Waals surface area contributed by atoms with Gasteiger partial charge in [-0.25, -0.2) is 0 Å². The van der Waals surface area contributed by atoms with Gasteiger partial charge in [-0.1, -0.05) is 36.4 Å². The third-order valence-electron chi connectivity index (χ3n) is 3.59. The normalized spacial score (nSPS) is 10.6. The zero-order chi connectivity index (χ0) is 14.9. The minimum atomic E-state index is 0.698. The van der Waals surface area contributed by atoms with Gasteiger partial charge in [-0.05, 0) is 50.0 Å². The molecular formula is C18H21NS. The maximum absolute atomic E-state index is 7.76. The van der Waals surface area contributed by atoms with Crippen LogP contribution in [0.1, 0.15) is 38.9 Å². The molecule has 0 aliphatic rings. The first-order valence-electron chi connectivity index (χ1n) is 6.79. The summed E-state index contributed by atoms with van der Waals surface area (Å²) in [5.74, 6) is 0. The molecule has 0 bridgehead atoms. The summed E-state index contributed by atoms with van der Waals surface area (Å²) in [6.45, 7) is 12.6. The fourth-order valence-corrected chi connectivity index (χ4v) is 3.65. The van der Waals surface area contributed by atoms with E-state index in [1.807, 2.05) is 6.92 Å². The molecular weight excluding hydrogens is 262 g/mol. The van der Waals surface area contributed by atoms with Crippen LogP contribution in [-0.4, -0.2) is 5.71 Å². The van der Waals surface area contributed by atoms with Crippen LogP contribution in [0.5, 0.6) is 0 Å². The number of hydrogen-bond acceptors (Lipinski definition) is 2. The van der Waals surface area contributed by atoms with E-state index >= 15 is 0 Å². The summed E-state index contributed by atoms with van der Waals surface area (Å²) in [6.07, 6.45) is 0.722. The van der Waals surface area contributed by atoms with Crippen LogP contribution in [0.4, 0.5) is 0 Å². The highest BCUT2D eigenvalue weighted by molar-refractivity contribution is 7.12. The summed E-state index contributed by atoms with van der Waals surface area (Å²) < 4.78 is 0. The van der Waals surface area contributed by atoms with E-state index in [2.05, 4.69) is 51.6 Å². The topological polar surface area (TPSA) is 23.9 Å². The van der Waals surface area contributed by atoms with Crippen molar-refractivity contribution in [3.8, 4) is 0 Å². The summed E-state index contributed by atoms with van der Waals surface area (Å²) >= 11 is 1.79. The van der Waals surface area contributed by atoms with Gasteiger partial charge in [-0.3, -0.25) is 0 Å². The fraction of sp³-hybridized carbons (Fsp3) is 0.278. The monoisotopic (exact) mass is 283 g/mol. The van der Waals surface area contributed by atoms with Crippen molar-refractivity contribution in [1.82, 2.24) is 0 Å². The fourth-order valence-electron chi connectivity index (χ4n) is 2.36. The zero-order valence-electron chi connectivity index (χ0n) is 12.6. The summed E-state index contributed by atoms with van der Waals surface area (Å²) in [7, 11) is 0. The molecule has 0 radical (unpaired) electrons. The lowest BCUT2D eigenvalue weighted by molar-refractivity contribution is 1.28. The third kappa shape index (κ3) is 2.91. The SMILES string of the molecule is C=C(c1ccc(C)cc1)c1c(CC(C)=N)sc(C)c1C. The van der Waals surface area contributed by atoms with Crippen molar-refractivity contribution in [2.24, 2.45) is 0 Å². The number of benzene rings is 1. The third-order valence-corrected chi connectivity index (χ3v) is 4.79. The van der Waals surface area contributed by atoms with E-state index in [9.17, 15) is 0 Å². The van der Waals surface area contributed by atoms with Crippen molar-refractivity contribution in [2.75, 3.05) is 0 Å². The molecule has 1 N–H and O–H groups in total. The highest BCUT2D eigenvalue weighted by atomic mass is 32.1. The number of rotatable bonds is 4. The molecule has 1 aromatic carbocycles. The predicted octanol–water partition coefficient (Wildman–Crippen LogP) is 5.32. The van der Waals surface area contributed by atoms with Gasteiger partial charge in [-0.2, -0.15) is 0 Å². The zero-order valence-corrected chi connectivity index (χ0v) is 13.4. The molecule has 0 unspecified atom stereocenters. The Hall–Kier alpha value is -1.67. The van der Waals surface area contributed by atoms with Gasteiger partial charge >= 0.3 is 0 Å². The van der Waals surface area contributed by atoms with Crippen molar-refractivity contribution in [1.29, 1.82) is 5.41 Å². The van der Waals surface area contributed by atoms with Crippen molar-refractivity contribution in [3.05, 3.63) is 62.9 Å². The molecule has 0 spiro atoms. The maximum Gasteiger partial charge on any atom is 0.0200 e. The van der Waals surface area contributed by atoms with Crippen molar-refractivity contribution in [3.63, 3.8) is 0 Å². The number of hydrogen-bond donors (Lipinski definition) is 1. The van der Waals surface area contributed by atoms with E-state index in [4.69, 9.17) is 5.41 Å². The molecule has 0 fully saturated rings. The van der Waals surface area contributed by atoms with Gasteiger partial charge in [0.15, 0.2) is 0 Å². The smallest absolute Gasteiger partial charge is 0.0200 e. The van der Waals surface area contributed by atoms with Gasteiger partial charge in [0, 0.05) is 21.9 Å². The summed E-state index contributed by atoms with van der Waals surface area (Å²) in [5.41, 5.74) is 6.74. The molecule has 1 aromatic heterocycles. The van der Waals surface area contributed by atoms with Crippen LogP contribution in [0.2, 0.25) is 0 Å². The van der Waals surface area contributed by atoms with Crippen molar-refractivity contribution < 1.29 is 0 Å². The second-order valence-corrected chi connectivity index (χ2v) is 6.69. The molecule has 0 aliphatic heterocycles. The van der Waals surface area contributed by atoms with Crippen LogP contribution in [0.25, 0.3) is 5.57 Å². The molecule has 104 valence electrons. The Bertz CT molecular complexity index is 659. The lowest BCUT2D eigenvalue weighted by atomic mass is 9.94. The summed E-state index contributed by atoms with van der Waals surface area (Å²) in [5, 5.41) is 7.76. The van der Waals surface area contributed by atoms with E-state index in [0.29, 0.717) is 5.71 Å². The molecule has 0 atom stereocenters. The van der Waals surface area contributed by atoms with Crippen LogP contribution in [0.15, 0.2) is 30.8 Å². The quantitative estimate of drug-likeness (QED) is 0.735. The second kappa shape index (κ2) is 5.76. The highest BCUT2D eigenvalue weighted by Gasteiger charge is 2.16. The minimum absolute atomic E-state index is 0.698. The van der Waals surface area contributed by atoms with E-state index in [1.165, 1.54) is 32.0 Å². The predicted molar refractivity (Wildman–Crippen MR) is 90.2 cm³/mol. The maximum atomic E-state index is 7.76. The number of thiophene rings is 1. The van der Waals surface area contributed by atoms with Crippen molar-refractivity contribution in [2.45, 2.75) is 34.1 Å². The first-order chi connectivity index (χ1) is 9.40. The van der Waals surface area contributed by atoms with Gasteiger partial charge < -0.3 is 5.41 Å². The Balaban J connectivity index is 2.48. The molecule has 0 saturated carbocycles. The van der Waals surface area contributed by atoms with Crippen LogP contribution in [-0.2, 0) is 6.42 Å². The lowest BCUT2D eigenvalue weighted by Gasteiger charge is -2.10. The Morgan fingerprint density at radius 1 is 1.15 bits per heavy atom. The average molecular weight is 283 g/mol. The minimum Gasteiger partial charge on any atom is -0.310 e. The summed E-state index contributed by atoms with van der Waals surface area (Å²) in [4.78, 5) is 2.59. The van der Waals surface area contributed by atoms with E-state index in [1.54, 1.807) is 11.3 Å². The second-order valence-electron chi connectivity index (χ2n) is 5.38. The van der Waals surface area contributed by atoms with E-state index in [0.717, 1.165) is 12.0 Å². The van der Waals surface area contributed by atoms with Crippen molar-refractivity contribution >= 4 is 22.6 Å². The van der Waals surface area contributed by atoms with Crippen LogP contribution < -0.4 is 0 Å². The van der Waals surface area contributed by atoms with Gasteiger partial charge in [0.1, 0.15) is 0 Å². The number of aryl methyl sites for hydroxylation is 2. The Morgan fingerprint density at radius 3 is 2.30 bits per heavy atom. The molecule has 2 aromatic rings. The standard InChI is InChI=1S/C18H21NS/c1-11-6-8-16(9-7-11)14(4)18-13(3)15(5)20-17(18)10-12(2)19/h6-9,19H,4,10H2,1-3,5H3. The van der Waals surface area contributed by atoms with Gasteiger partial charge in [0.2, 0.25) is 0 Å². The Labute approximate surface area is 125 Å². The first kappa shape index (κ1) is 14.7. The Morgan fingerprint density at radius 2 is 1.75 bits per heavy atom. The van der Waals surface area contributed by atoms with Gasteiger partial charge in [0.05, 0.1) is 0 Å². The molecule has 1 heterocycles. The molecule has 0 saturated heterocycles. The molecule has 2 heteroatoms. The number of nitrogens with one attached hydrogen (secondary N) is 1. The molecule has 1 nitrogen and oxygen atoms in total. The first-order valence-corrected chi connectivity index (χ1v) is 7.61. The highest BCUT2D eigenvalue weighted by Crippen LogP contribution is 2.35. The molecule has 2 rings (SSSR count). The van der Waals surface area contributed by atoms with Crippen LogP contribution >= 0.6 is 11.3 Å². The van der Waals surface area contributed by atoms with Crippen LogP contribution in [0, 0.1) is 26.2 Å². The van der Waals surface area contributed by atoms with Crippen LogP contribution in [0.3, 0.4) is 0 Å². The van der Waals surface area contributed by atoms with E-state index in [-0.39, 0.29) is 0 Å². The van der Waals surface area contributed by atoms with Gasteiger partial charge in [0.25, 0.3) is 0 Å². The van der Waals surface area contributed by atoms with Gasteiger partial charge in [-0.15, -0.1) is 11.3 Å². The molecule has 0 aliphatic carbocycles. The Kier molecular flexibility index (Phi) is 4.24. The molecule has 0 amide bonds.